The first-order valence-electron chi connectivity index (χ1n) is 6.43. The number of likely N-dealkylation sites (N-methyl/N-ethyl adjacent to an activating group) is 1. The topological polar surface area (TPSA) is 85.6 Å². The summed E-state index contributed by atoms with van der Waals surface area (Å²) in [7, 11) is 1.62. The molecule has 21 heavy (non-hydrogen) atoms. The number of ether oxygens (including phenoxy) is 1. The fraction of sp³-hybridized carbons (Fsp3) is 0.286. The minimum Gasteiger partial charge on any atom is -0.465 e. The third-order valence-corrected chi connectivity index (χ3v) is 2.98. The maximum absolute atomic E-state index is 11.6. The molecule has 2 aromatic rings. The molecule has 7 heteroatoms. The Kier molecular flexibility index (Phi) is 4.32. The standard InChI is InChI=1S/C14H15N3O4/c1-3-21-13(18)9-16(2)14-10-6-4-5-7-11(10)15-8-12(14)17(19)20/h4-8H,3,9H2,1-2H3. The number of esters is 1. The maximum Gasteiger partial charge on any atom is 0.325 e. The highest BCUT2D eigenvalue weighted by Crippen LogP contribution is 2.33. The molecule has 1 heterocycles. The van der Waals surface area contributed by atoms with Crippen LogP contribution in [0.4, 0.5) is 11.4 Å². The van der Waals surface area contributed by atoms with E-state index in [0.717, 1.165) is 0 Å². The van der Waals surface area contributed by atoms with Gasteiger partial charge in [-0.1, -0.05) is 18.2 Å². The number of carbonyl (C=O) groups is 1. The number of carbonyl (C=O) groups excluding carboxylic acids is 1. The molecule has 0 radical (unpaired) electrons. The predicted molar refractivity (Wildman–Crippen MR) is 78.3 cm³/mol. The van der Waals surface area contributed by atoms with Crippen LogP contribution in [0.3, 0.4) is 0 Å². The average molecular weight is 289 g/mol. The van der Waals surface area contributed by atoms with Gasteiger partial charge in [0.25, 0.3) is 0 Å². The molecule has 1 aromatic heterocycles. The molecule has 0 saturated heterocycles. The van der Waals surface area contributed by atoms with Crippen molar-refractivity contribution in [3.05, 3.63) is 40.6 Å². The summed E-state index contributed by atoms with van der Waals surface area (Å²) in [5.74, 6) is -0.435. The van der Waals surface area contributed by atoms with E-state index >= 15 is 0 Å². The number of hydrogen-bond acceptors (Lipinski definition) is 6. The average Bonchev–Trinajstić information content (AvgIpc) is 2.45. The van der Waals surface area contributed by atoms with Gasteiger partial charge in [-0.3, -0.25) is 14.9 Å². The minimum absolute atomic E-state index is 0.0668. The van der Waals surface area contributed by atoms with Gasteiger partial charge in [-0.15, -0.1) is 0 Å². The van der Waals surface area contributed by atoms with E-state index in [1.54, 1.807) is 38.2 Å². The molecule has 0 aliphatic heterocycles. The van der Waals surface area contributed by atoms with Gasteiger partial charge in [0.2, 0.25) is 0 Å². The van der Waals surface area contributed by atoms with E-state index in [9.17, 15) is 14.9 Å². The van der Waals surface area contributed by atoms with Crippen molar-refractivity contribution in [2.24, 2.45) is 0 Å². The Labute approximate surface area is 121 Å². The van der Waals surface area contributed by atoms with Gasteiger partial charge < -0.3 is 9.64 Å². The summed E-state index contributed by atoms with van der Waals surface area (Å²) >= 11 is 0. The van der Waals surface area contributed by atoms with Crippen LogP contribution < -0.4 is 4.90 Å². The second-order valence-corrected chi connectivity index (χ2v) is 4.43. The molecule has 2 rings (SSSR count). The Hall–Kier alpha value is -2.70. The summed E-state index contributed by atoms with van der Waals surface area (Å²) in [6.07, 6.45) is 1.21. The number of nitro groups is 1. The number of benzene rings is 1. The van der Waals surface area contributed by atoms with Crippen LogP contribution in [0.25, 0.3) is 10.9 Å². The van der Waals surface area contributed by atoms with Gasteiger partial charge in [-0.25, -0.2) is 4.98 Å². The molecule has 0 atom stereocenters. The first kappa shape index (κ1) is 14.7. The van der Waals surface area contributed by atoms with Crippen molar-refractivity contribution in [1.82, 2.24) is 4.98 Å². The van der Waals surface area contributed by atoms with Crippen LogP contribution in [-0.4, -0.2) is 36.1 Å². The summed E-state index contributed by atoms with van der Waals surface area (Å²) in [5.41, 5.74) is 0.855. The molecule has 0 fully saturated rings. The van der Waals surface area contributed by atoms with Crippen LogP contribution in [0.15, 0.2) is 30.5 Å². The number of pyridine rings is 1. The van der Waals surface area contributed by atoms with Crippen LogP contribution >= 0.6 is 0 Å². The Balaban J connectivity index is 2.50. The Morgan fingerprint density at radius 2 is 2.14 bits per heavy atom. The highest BCUT2D eigenvalue weighted by molar-refractivity contribution is 5.97. The van der Waals surface area contributed by atoms with Crippen LogP contribution in [0, 0.1) is 10.1 Å². The smallest absolute Gasteiger partial charge is 0.325 e. The fourth-order valence-corrected chi connectivity index (χ4v) is 2.13. The van der Waals surface area contributed by atoms with Gasteiger partial charge in [0.05, 0.1) is 17.0 Å². The summed E-state index contributed by atoms with van der Waals surface area (Å²) in [6.45, 7) is 1.91. The predicted octanol–water partition coefficient (Wildman–Crippen LogP) is 2.14. The van der Waals surface area contributed by atoms with Crippen molar-refractivity contribution in [3.8, 4) is 0 Å². The molecule has 1 aromatic carbocycles. The number of hydrogen-bond donors (Lipinski definition) is 0. The van der Waals surface area contributed by atoms with Gasteiger partial charge in [0.15, 0.2) is 0 Å². The van der Waals surface area contributed by atoms with Crippen molar-refractivity contribution < 1.29 is 14.5 Å². The van der Waals surface area contributed by atoms with Crippen molar-refractivity contribution in [2.75, 3.05) is 25.1 Å². The molecule has 0 N–H and O–H groups in total. The quantitative estimate of drug-likeness (QED) is 0.476. The Bertz CT molecular complexity index is 687. The molecular formula is C14H15N3O4. The lowest BCUT2D eigenvalue weighted by Crippen LogP contribution is -2.28. The minimum atomic E-state index is -0.504. The second-order valence-electron chi connectivity index (χ2n) is 4.43. The SMILES string of the molecule is CCOC(=O)CN(C)c1c([N+](=O)[O-])cnc2ccccc12. The van der Waals surface area contributed by atoms with E-state index in [2.05, 4.69) is 4.98 Å². The molecule has 0 spiro atoms. The molecular weight excluding hydrogens is 274 g/mol. The summed E-state index contributed by atoms with van der Waals surface area (Å²) < 4.78 is 4.88. The first-order valence-corrected chi connectivity index (χ1v) is 6.43. The lowest BCUT2D eigenvalue weighted by molar-refractivity contribution is -0.384. The van der Waals surface area contributed by atoms with Crippen LogP contribution in [0.1, 0.15) is 6.92 Å². The Morgan fingerprint density at radius 1 is 1.43 bits per heavy atom. The third-order valence-electron chi connectivity index (χ3n) is 2.98. The number of fused-ring (bicyclic) bond motifs is 1. The number of nitrogens with zero attached hydrogens (tertiary/aromatic N) is 3. The van der Waals surface area contributed by atoms with Gasteiger partial charge in [0.1, 0.15) is 18.4 Å². The van der Waals surface area contributed by atoms with E-state index < -0.39 is 10.9 Å². The van der Waals surface area contributed by atoms with Gasteiger partial charge in [-0.05, 0) is 13.0 Å². The summed E-state index contributed by atoms with van der Waals surface area (Å²) in [5, 5.41) is 11.8. The maximum atomic E-state index is 11.6. The van der Waals surface area contributed by atoms with Gasteiger partial charge >= 0.3 is 11.7 Å². The largest absolute Gasteiger partial charge is 0.465 e. The molecule has 0 saturated carbocycles. The van der Waals surface area contributed by atoms with E-state index in [4.69, 9.17) is 4.74 Å². The van der Waals surface area contributed by atoms with Crippen LogP contribution in [0.5, 0.6) is 0 Å². The zero-order chi connectivity index (χ0) is 15.4. The second kappa shape index (κ2) is 6.17. The van der Waals surface area contributed by atoms with Crippen molar-refractivity contribution in [1.29, 1.82) is 0 Å². The fourth-order valence-electron chi connectivity index (χ4n) is 2.13. The molecule has 0 aliphatic carbocycles. The van der Waals surface area contributed by atoms with Crippen molar-refractivity contribution in [3.63, 3.8) is 0 Å². The first-order chi connectivity index (χ1) is 10.0. The lowest BCUT2D eigenvalue weighted by Gasteiger charge is -2.19. The zero-order valence-corrected chi connectivity index (χ0v) is 11.8. The lowest BCUT2D eigenvalue weighted by atomic mass is 10.1. The highest BCUT2D eigenvalue weighted by atomic mass is 16.6. The number of anilines is 1. The van der Waals surface area contributed by atoms with E-state index in [1.807, 2.05) is 0 Å². The third kappa shape index (κ3) is 3.07. The van der Waals surface area contributed by atoms with Gasteiger partial charge in [0, 0.05) is 12.4 Å². The van der Waals surface area contributed by atoms with Crippen LogP contribution in [-0.2, 0) is 9.53 Å². The summed E-state index contributed by atoms with van der Waals surface area (Å²) in [6, 6.07) is 7.08. The van der Waals surface area contributed by atoms with E-state index in [-0.39, 0.29) is 18.8 Å². The molecule has 7 nitrogen and oxygen atoms in total. The molecule has 0 aliphatic rings. The monoisotopic (exact) mass is 289 g/mol. The molecule has 0 bridgehead atoms. The number of rotatable bonds is 5. The highest BCUT2D eigenvalue weighted by Gasteiger charge is 2.22. The van der Waals surface area contributed by atoms with E-state index in [1.165, 1.54) is 11.1 Å². The Morgan fingerprint density at radius 3 is 2.81 bits per heavy atom. The molecule has 0 unspecified atom stereocenters. The number of para-hydroxylation sites is 1. The van der Waals surface area contributed by atoms with Crippen molar-refractivity contribution >= 4 is 28.2 Å². The molecule has 110 valence electrons. The zero-order valence-electron chi connectivity index (χ0n) is 11.8. The van der Waals surface area contributed by atoms with E-state index in [0.29, 0.717) is 16.6 Å². The normalized spacial score (nSPS) is 10.4. The van der Waals surface area contributed by atoms with Crippen molar-refractivity contribution in [2.45, 2.75) is 6.92 Å². The van der Waals surface area contributed by atoms with Crippen LogP contribution in [0.2, 0.25) is 0 Å². The number of aromatic nitrogens is 1. The molecule has 0 amide bonds. The van der Waals surface area contributed by atoms with Gasteiger partial charge in [-0.2, -0.15) is 0 Å². The summed E-state index contributed by atoms with van der Waals surface area (Å²) in [4.78, 5) is 27.9.